The number of rotatable bonds is 6. The van der Waals surface area contributed by atoms with Crippen LogP contribution in [0.4, 0.5) is 0 Å². The van der Waals surface area contributed by atoms with Crippen LogP contribution in [0.1, 0.15) is 39.0 Å². The lowest BCUT2D eigenvalue weighted by molar-refractivity contribution is -0.146. The van der Waals surface area contributed by atoms with Crippen LogP contribution in [-0.2, 0) is 4.79 Å². The summed E-state index contributed by atoms with van der Waals surface area (Å²) in [6, 6.07) is 3.62. The van der Waals surface area contributed by atoms with Crippen LogP contribution in [0.3, 0.4) is 0 Å². The number of nitrogens with zero attached hydrogens (tertiary/aromatic N) is 1. The number of hydrogen-bond donors (Lipinski definition) is 2. The van der Waals surface area contributed by atoms with Crippen molar-refractivity contribution < 1.29 is 9.90 Å². The maximum Gasteiger partial charge on any atom is 0.323 e. The largest absolute Gasteiger partial charge is 0.480 e. The zero-order valence-electron chi connectivity index (χ0n) is 12.1. The summed E-state index contributed by atoms with van der Waals surface area (Å²) in [7, 11) is 0. The highest BCUT2D eigenvalue weighted by Gasteiger charge is 2.42. The van der Waals surface area contributed by atoms with Gasteiger partial charge in [-0.25, -0.2) is 4.98 Å². The van der Waals surface area contributed by atoms with Crippen molar-refractivity contribution in [1.29, 1.82) is 0 Å². The highest BCUT2D eigenvalue weighted by atomic mass is 35.5. The summed E-state index contributed by atoms with van der Waals surface area (Å²) in [5, 5.41) is 14.5. The lowest BCUT2D eigenvalue weighted by Gasteiger charge is -2.38. The summed E-state index contributed by atoms with van der Waals surface area (Å²) in [5.41, 5.74) is -0.798. The Kier molecular flexibility index (Phi) is 5.90. The van der Waals surface area contributed by atoms with Crippen LogP contribution in [0, 0.1) is 0 Å². The molecular formula is C15H21ClN2O2S. The van der Waals surface area contributed by atoms with Crippen LogP contribution in [0.15, 0.2) is 23.4 Å². The van der Waals surface area contributed by atoms with Gasteiger partial charge in [0.1, 0.15) is 10.6 Å². The Balaban J connectivity index is 2.08. The number of aromatic nitrogens is 1. The molecule has 4 nitrogen and oxygen atoms in total. The molecule has 21 heavy (non-hydrogen) atoms. The number of pyridine rings is 1. The number of carboxylic acid groups (broad SMARTS) is 1. The summed E-state index contributed by atoms with van der Waals surface area (Å²) in [5.74, 6) is -0.742. The van der Waals surface area contributed by atoms with Crippen LogP contribution in [0.5, 0.6) is 0 Å². The molecule has 1 aliphatic rings. The van der Waals surface area contributed by atoms with Gasteiger partial charge < -0.3 is 10.4 Å². The van der Waals surface area contributed by atoms with E-state index in [2.05, 4.69) is 10.3 Å². The smallest absolute Gasteiger partial charge is 0.323 e. The molecule has 0 aromatic carbocycles. The van der Waals surface area contributed by atoms with E-state index in [1.54, 1.807) is 24.0 Å². The molecule has 0 amide bonds. The van der Waals surface area contributed by atoms with E-state index >= 15 is 0 Å². The lowest BCUT2D eigenvalue weighted by atomic mass is 9.81. The van der Waals surface area contributed by atoms with Crippen molar-refractivity contribution in [3.8, 4) is 0 Å². The van der Waals surface area contributed by atoms with Crippen molar-refractivity contribution in [2.45, 2.75) is 54.8 Å². The predicted octanol–water partition coefficient (Wildman–Crippen LogP) is 3.59. The monoisotopic (exact) mass is 328 g/mol. The fraction of sp³-hybridized carbons (Fsp3) is 0.600. The Hall–Kier alpha value is -0.780. The first-order valence-electron chi connectivity index (χ1n) is 7.33. The maximum atomic E-state index is 11.7. The Morgan fingerprint density at radius 2 is 2.48 bits per heavy atom. The number of halogens is 1. The first-order valence-corrected chi connectivity index (χ1v) is 8.59. The first-order chi connectivity index (χ1) is 10.1. The van der Waals surface area contributed by atoms with Gasteiger partial charge in [0.2, 0.25) is 0 Å². The summed E-state index contributed by atoms with van der Waals surface area (Å²) in [6.07, 6.45) is 5.86. The van der Waals surface area contributed by atoms with E-state index in [4.69, 9.17) is 11.6 Å². The van der Waals surface area contributed by atoms with Crippen LogP contribution in [0.25, 0.3) is 0 Å². The lowest BCUT2D eigenvalue weighted by Crippen LogP contribution is -2.55. The van der Waals surface area contributed by atoms with Gasteiger partial charge in [-0.3, -0.25) is 4.79 Å². The second-order valence-corrected chi connectivity index (χ2v) is 7.14. The van der Waals surface area contributed by atoms with E-state index in [1.807, 2.05) is 13.0 Å². The molecule has 6 heteroatoms. The van der Waals surface area contributed by atoms with Crippen LogP contribution < -0.4 is 5.32 Å². The number of aliphatic carboxylic acids is 1. The average Bonchev–Trinajstić information content (AvgIpc) is 2.48. The van der Waals surface area contributed by atoms with Gasteiger partial charge in [0.25, 0.3) is 0 Å². The normalized spacial score (nSPS) is 25.7. The zero-order valence-corrected chi connectivity index (χ0v) is 13.7. The molecule has 2 unspecified atom stereocenters. The van der Waals surface area contributed by atoms with Crippen molar-refractivity contribution in [3.63, 3.8) is 0 Å². The minimum absolute atomic E-state index is 0.228. The Labute approximate surface area is 134 Å². The molecule has 1 aromatic heterocycles. The molecule has 2 atom stereocenters. The summed E-state index contributed by atoms with van der Waals surface area (Å²) < 4.78 is 0. The molecule has 0 bridgehead atoms. The van der Waals surface area contributed by atoms with E-state index in [0.717, 1.165) is 30.8 Å². The number of nitrogens with one attached hydrogen (secondary N) is 1. The topological polar surface area (TPSA) is 62.2 Å². The van der Waals surface area contributed by atoms with E-state index in [9.17, 15) is 9.90 Å². The fourth-order valence-corrected chi connectivity index (χ4v) is 4.26. The minimum Gasteiger partial charge on any atom is -0.480 e. The van der Waals surface area contributed by atoms with E-state index in [1.165, 1.54) is 0 Å². The first kappa shape index (κ1) is 16.6. The van der Waals surface area contributed by atoms with Crippen molar-refractivity contribution in [3.05, 3.63) is 23.4 Å². The number of carboxylic acids is 1. The van der Waals surface area contributed by atoms with Gasteiger partial charge in [-0.2, -0.15) is 0 Å². The Bertz CT molecular complexity index is 500. The zero-order chi connectivity index (χ0) is 15.3. The molecule has 2 rings (SSSR count). The van der Waals surface area contributed by atoms with Crippen molar-refractivity contribution in [2.24, 2.45) is 0 Å². The quantitative estimate of drug-likeness (QED) is 0.835. The second kappa shape index (κ2) is 7.47. The molecule has 2 N–H and O–H groups in total. The second-order valence-electron chi connectivity index (χ2n) is 5.44. The van der Waals surface area contributed by atoms with Crippen LogP contribution in [-0.4, -0.2) is 33.4 Å². The van der Waals surface area contributed by atoms with Gasteiger partial charge in [0.05, 0.1) is 5.02 Å². The molecule has 1 saturated carbocycles. The van der Waals surface area contributed by atoms with E-state index in [-0.39, 0.29) is 5.25 Å². The SMILES string of the molecule is CCCNC1(C(=O)O)CCCC(Sc2ncccc2Cl)C1. The van der Waals surface area contributed by atoms with Gasteiger partial charge in [-0.1, -0.05) is 18.5 Å². The number of carbonyl (C=O) groups is 1. The molecule has 0 spiro atoms. The standard InChI is InChI=1S/C15H21ClN2O2S/c1-2-8-18-15(14(19)20)7-3-5-11(10-15)21-13-12(16)6-4-9-17-13/h4,6,9,11,18H,2-3,5,7-8,10H2,1H3,(H,19,20). The third-order valence-electron chi connectivity index (χ3n) is 3.83. The summed E-state index contributed by atoms with van der Waals surface area (Å²) in [6.45, 7) is 2.78. The van der Waals surface area contributed by atoms with Crippen LogP contribution >= 0.6 is 23.4 Å². The molecule has 1 fully saturated rings. The van der Waals surface area contributed by atoms with Gasteiger partial charge in [0.15, 0.2) is 0 Å². The highest BCUT2D eigenvalue weighted by Crippen LogP contribution is 2.39. The average molecular weight is 329 g/mol. The van der Waals surface area contributed by atoms with Gasteiger partial charge in [-0.15, -0.1) is 11.8 Å². The van der Waals surface area contributed by atoms with E-state index < -0.39 is 11.5 Å². The van der Waals surface area contributed by atoms with Crippen molar-refractivity contribution in [2.75, 3.05) is 6.54 Å². The van der Waals surface area contributed by atoms with Crippen LogP contribution in [0.2, 0.25) is 5.02 Å². The molecule has 116 valence electrons. The molecule has 1 heterocycles. The third-order valence-corrected chi connectivity index (χ3v) is 5.53. The number of hydrogen-bond acceptors (Lipinski definition) is 4. The van der Waals surface area contributed by atoms with E-state index in [0.29, 0.717) is 17.9 Å². The number of thioether (sulfide) groups is 1. The Morgan fingerprint density at radius 1 is 1.67 bits per heavy atom. The van der Waals surface area contributed by atoms with Crippen molar-refractivity contribution in [1.82, 2.24) is 10.3 Å². The predicted molar refractivity (Wildman–Crippen MR) is 86.0 cm³/mol. The van der Waals surface area contributed by atoms with Gasteiger partial charge >= 0.3 is 5.97 Å². The fourth-order valence-electron chi connectivity index (χ4n) is 2.74. The molecule has 1 aromatic rings. The molecule has 0 aliphatic heterocycles. The molecule has 0 radical (unpaired) electrons. The molecule has 0 saturated heterocycles. The van der Waals surface area contributed by atoms with Crippen molar-refractivity contribution >= 4 is 29.3 Å². The maximum absolute atomic E-state index is 11.7. The van der Waals surface area contributed by atoms with Gasteiger partial charge in [0, 0.05) is 11.4 Å². The minimum atomic E-state index is -0.798. The highest BCUT2D eigenvalue weighted by molar-refractivity contribution is 8.00. The summed E-state index contributed by atoms with van der Waals surface area (Å²) >= 11 is 7.74. The molecule has 1 aliphatic carbocycles. The molecular weight excluding hydrogens is 308 g/mol. The Morgan fingerprint density at radius 3 is 3.14 bits per heavy atom. The summed E-state index contributed by atoms with van der Waals surface area (Å²) in [4.78, 5) is 16.0. The third kappa shape index (κ3) is 4.11. The van der Waals surface area contributed by atoms with Gasteiger partial charge in [-0.05, 0) is 50.8 Å².